The molecule has 1 heterocycles. The molecule has 3 aromatic rings. The Hall–Kier alpha value is -2.41. The van der Waals surface area contributed by atoms with E-state index in [1.165, 1.54) is 18.2 Å². The molecule has 0 fully saturated rings. The number of aryl methyl sites for hydroxylation is 2. The summed E-state index contributed by atoms with van der Waals surface area (Å²) in [4.78, 5) is 4.39. The lowest BCUT2D eigenvalue weighted by Crippen LogP contribution is -2.09. The fraction of sp³-hybridized carbons (Fsp3) is 0.292. The Kier molecular flexibility index (Phi) is 2.71. The smallest absolute Gasteiger partial charge is 0.0704 e. The molecule has 0 atom stereocenters. The molecule has 0 saturated carbocycles. The second kappa shape index (κ2) is 6.84. The van der Waals surface area contributed by atoms with E-state index in [0.29, 0.717) is 22.4 Å². The fourth-order valence-electron chi connectivity index (χ4n) is 2.80. The first-order valence-corrected chi connectivity index (χ1v) is 8.25. The number of rotatable bonds is 3. The fourth-order valence-corrected chi connectivity index (χ4v) is 2.80. The Bertz CT molecular complexity index is 1120. The van der Waals surface area contributed by atoms with Crippen molar-refractivity contribution in [1.82, 2.24) is 4.98 Å². The second-order valence-electron chi connectivity index (χ2n) is 7.11. The van der Waals surface area contributed by atoms with Crippen molar-refractivity contribution < 1.29 is 11.0 Å². The third-order valence-electron chi connectivity index (χ3n) is 3.79. The standard InChI is InChI=1S/C24H27N/c1-17-8-6-9-18(2)23(17)21-11-7-10-20(15-21)22-14-19(12-13-25-22)16-24(3,4)5/h6-15H,16H2,1-5H3/i1D3,2D3,16D2. The quantitative estimate of drug-likeness (QED) is 0.523. The average Bonchev–Trinajstić information content (AvgIpc) is 2.71. The molecule has 1 heteroatoms. The molecule has 1 nitrogen and oxygen atoms in total. The zero-order chi connectivity index (χ0) is 24.8. The normalized spacial score (nSPS) is 17.9. The van der Waals surface area contributed by atoms with Crippen molar-refractivity contribution in [3.63, 3.8) is 0 Å². The van der Waals surface area contributed by atoms with E-state index < -0.39 is 25.5 Å². The molecular formula is C24H27N. The summed E-state index contributed by atoms with van der Waals surface area (Å²) in [5, 5.41) is 0. The minimum atomic E-state index is -2.49. The molecule has 0 radical (unpaired) electrons. The van der Waals surface area contributed by atoms with Gasteiger partial charge in [-0.15, -0.1) is 0 Å². The molecule has 0 saturated heterocycles. The zero-order valence-electron chi connectivity index (χ0n) is 22.7. The number of benzene rings is 2. The van der Waals surface area contributed by atoms with E-state index >= 15 is 0 Å². The van der Waals surface area contributed by atoms with Gasteiger partial charge in [0.05, 0.1) is 5.69 Å². The van der Waals surface area contributed by atoms with E-state index in [4.69, 9.17) is 11.0 Å². The van der Waals surface area contributed by atoms with Gasteiger partial charge in [-0.25, -0.2) is 0 Å². The van der Waals surface area contributed by atoms with Crippen molar-refractivity contribution in [3.05, 3.63) is 77.5 Å². The highest BCUT2D eigenvalue weighted by atomic mass is 14.7. The van der Waals surface area contributed by atoms with Crippen molar-refractivity contribution in [2.24, 2.45) is 5.41 Å². The van der Waals surface area contributed by atoms with Crippen LogP contribution in [0, 0.1) is 19.1 Å². The Morgan fingerprint density at radius 1 is 0.920 bits per heavy atom. The van der Waals surface area contributed by atoms with Gasteiger partial charge in [-0.2, -0.15) is 0 Å². The first-order chi connectivity index (χ1) is 15.0. The summed E-state index contributed by atoms with van der Waals surface area (Å²) in [6.45, 7) is 0.502. The van der Waals surface area contributed by atoms with E-state index in [2.05, 4.69) is 4.98 Å². The molecule has 0 unspecified atom stereocenters. The molecule has 1 aromatic heterocycles. The van der Waals surface area contributed by atoms with Crippen LogP contribution in [0.3, 0.4) is 0 Å². The van der Waals surface area contributed by atoms with Crippen LogP contribution in [0.2, 0.25) is 0 Å². The molecule has 0 aliphatic rings. The van der Waals surface area contributed by atoms with Crippen LogP contribution in [-0.4, -0.2) is 4.98 Å². The maximum atomic E-state index is 8.56. The van der Waals surface area contributed by atoms with Gasteiger partial charge in [-0.1, -0.05) is 57.2 Å². The van der Waals surface area contributed by atoms with E-state index in [-0.39, 0.29) is 16.7 Å². The molecular weight excluding hydrogens is 302 g/mol. The lowest BCUT2D eigenvalue weighted by Gasteiger charge is -2.18. The minimum absolute atomic E-state index is 0.0287. The Morgan fingerprint density at radius 2 is 1.60 bits per heavy atom. The molecule has 0 aliphatic heterocycles. The molecule has 0 spiro atoms. The number of aromatic nitrogens is 1. The highest BCUT2D eigenvalue weighted by molar-refractivity contribution is 5.75. The van der Waals surface area contributed by atoms with Crippen molar-refractivity contribution in [2.45, 2.75) is 40.8 Å². The van der Waals surface area contributed by atoms with Crippen LogP contribution in [0.4, 0.5) is 0 Å². The van der Waals surface area contributed by atoms with Gasteiger partial charge in [0.25, 0.3) is 0 Å². The maximum Gasteiger partial charge on any atom is 0.0704 e. The summed E-state index contributed by atoms with van der Waals surface area (Å²) in [7, 11) is 0. The SMILES string of the molecule is [2H]C([2H])([2H])c1cccc(C([2H])([2H])[2H])c1-c1cccc(-c2cc(C([2H])([2H])C(C)(C)C)ccn2)c1. The summed E-state index contributed by atoms with van der Waals surface area (Å²) >= 11 is 0. The van der Waals surface area contributed by atoms with Crippen molar-refractivity contribution in [1.29, 1.82) is 0 Å². The Balaban J connectivity index is 2.21. The molecule has 3 rings (SSSR count). The van der Waals surface area contributed by atoms with E-state index in [1.54, 1.807) is 42.6 Å². The highest BCUT2D eigenvalue weighted by Gasteiger charge is 2.12. The Morgan fingerprint density at radius 3 is 2.28 bits per heavy atom. The predicted octanol–water partition coefficient (Wildman–Crippen LogP) is 6.62. The van der Waals surface area contributed by atoms with Crippen LogP contribution >= 0.6 is 0 Å². The average molecular weight is 338 g/mol. The van der Waals surface area contributed by atoms with Gasteiger partial charge >= 0.3 is 0 Å². The molecule has 0 N–H and O–H groups in total. The van der Waals surface area contributed by atoms with Gasteiger partial charge in [-0.3, -0.25) is 4.98 Å². The van der Waals surface area contributed by atoms with Crippen LogP contribution in [0.5, 0.6) is 0 Å². The zero-order valence-corrected chi connectivity index (χ0v) is 14.7. The van der Waals surface area contributed by atoms with E-state index in [0.717, 1.165) is 0 Å². The summed E-state index contributed by atoms with van der Waals surface area (Å²) < 4.78 is 64.7. The second-order valence-corrected chi connectivity index (χ2v) is 7.11. The first kappa shape index (κ1) is 9.91. The van der Waals surface area contributed by atoms with Gasteiger partial charge < -0.3 is 0 Å². The molecule has 0 bridgehead atoms. The van der Waals surface area contributed by atoms with Gasteiger partial charge in [0.1, 0.15) is 0 Å². The number of pyridine rings is 1. The Labute approximate surface area is 163 Å². The summed E-state index contributed by atoms with van der Waals surface area (Å²) in [5.41, 5.74) is 1.56. The third kappa shape index (κ3) is 4.17. The molecule has 25 heavy (non-hydrogen) atoms. The topological polar surface area (TPSA) is 12.9 Å². The van der Waals surface area contributed by atoms with Gasteiger partial charge in [0, 0.05) is 22.7 Å². The van der Waals surface area contributed by atoms with Crippen LogP contribution < -0.4 is 0 Å². The van der Waals surface area contributed by atoms with Crippen molar-refractivity contribution >= 4 is 0 Å². The van der Waals surface area contributed by atoms with Crippen LogP contribution in [-0.2, 0) is 6.37 Å². The highest BCUT2D eigenvalue weighted by Crippen LogP contribution is 2.31. The van der Waals surface area contributed by atoms with Crippen LogP contribution in [0.25, 0.3) is 22.4 Å². The van der Waals surface area contributed by atoms with E-state index in [1.807, 2.05) is 20.8 Å². The van der Waals surface area contributed by atoms with Gasteiger partial charge in [0.15, 0.2) is 0 Å². The largest absolute Gasteiger partial charge is 0.256 e. The monoisotopic (exact) mass is 337 g/mol. The van der Waals surface area contributed by atoms with Crippen molar-refractivity contribution in [2.75, 3.05) is 0 Å². The number of hydrogen-bond donors (Lipinski definition) is 0. The van der Waals surface area contributed by atoms with Gasteiger partial charge in [-0.05, 0) is 71.5 Å². The maximum absolute atomic E-state index is 8.56. The summed E-state index contributed by atoms with van der Waals surface area (Å²) in [6.07, 6.45) is -0.0598. The molecule has 0 aliphatic carbocycles. The summed E-state index contributed by atoms with van der Waals surface area (Å²) in [5.74, 6) is 0. The van der Waals surface area contributed by atoms with Gasteiger partial charge in [0.2, 0.25) is 0 Å². The van der Waals surface area contributed by atoms with Crippen molar-refractivity contribution in [3.8, 4) is 22.4 Å². The van der Waals surface area contributed by atoms with Crippen LogP contribution in [0.1, 0.15) is 48.4 Å². The molecule has 2 aromatic carbocycles. The third-order valence-corrected chi connectivity index (χ3v) is 3.79. The molecule has 128 valence electrons. The van der Waals surface area contributed by atoms with E-state index in [9.17, 15) is 0 Å². The first-order valence-electron chi connectivity index (χ1n) is 12.2. The lowest BCUT2D eigenvalue weighted by molar-refractivity contribution is 0.411. The number of hydrogen-bond acceptors (Lipinski definition) is 1. The summed E-state index contributed by atoms with van der Waals surface area (Å²) in [6, 6.07) is 14.5. The van der Waals surface area contributed by atoms with Crippen LogP contribution in [0.15, 0.2) is 60.8 Å². The lowest BCUT2D eigenvalue weighted by atomic mass is 9.88. The molecule has 0 amide bonds. The predicted molar refractivity (Wildman–Crippen MR) is 108 cm³/mol. The number of nitrogens with zero attached hydrogens (tertiary/aromatic N) is 1. The minimum Gasteiger partial charge on any atom is -0.256 e.